The fourth-order valence-electron chi connectivity index (χ4n) is 2.45. The lowest BCUT2D eigenvalue weighted by molar-refractivity contribution is -0.140. The van der Waals surface area contributed by atoms with Crippen molar-refractivity contribution in [2.24, 2.45) is 17.6 Å². The van der Waals surface area contributed by atoms with Crippen LogP contribution in [0.3, 0.4) is 0 Å². The molecule has 1 saturated carbocycles. The molecule has 0 heterocycles. The van der Waals surface area contributed by atoms with Crippen LogP contribution in [-0.4, -0.2) is 43.3 Å². The van der Waals surface area contributed by atoms with Crippen molar-refractivity contribution in [1.29, 1.82) is 0 Å². The van der Waals surface area contributed by atoms with E-state index in [0.29, 0.717) is 12.5 Å². The van der Waals surface area contributed by atoms with Gasteiger partial charge in [-0.1, -0.05) is 0 Å². The number of methoxy groups -OCH3 is 1. The van der Waals surface area contributed by atoms with Gasteiger partial charge in [-0.25, -0.2) is 0 Å². The molecule has 1 rings (SSSR count). The summed E-state index contributed by atoms with van der Waals surface area (Å²) in [7, 11) is 1.45. The summed E-state index contributed by atoms with van der Waals surface area (Å²) in [4.78, 5) is 22.5. The van der Waals surface area contributed by atoms with Crippen LogP contribution >= 0.6 is 0 Å². The highest BCUT2D eigenvalue weighted by molar-refractivity contribution is 5.78. The SMILES string of the molecule is COC(CNC(=O)C1CCC(CN)CC1)CC(=O)O. The zero-order valence-corrected chi connectivity index (χ0v) is 11.4. The van der Waals surface area contributed by atoms with Gasteiger partial charge in [-0.2, -0.15) is 0 Å². The Bertz CT molecular complexity index is 301. The standard InChI is InChI=1S/C13H24N2O4/c1-19-11(6-12(16)17)8-15-13(18)10-4-2-9(7-14)3-5-10/h9-11H,2-8,14H2,1H3,(H,15,18)(H,16,17). The number of rotatable bonds is 7. The highest BCUT2D eigenvalue weighted by Crippen LogP contribution is 2.28. The van der Waals surface area contributed by atoms with Crippen LogP contribution in [0.25, 0.3) is 0 Å². The van der Waals surface area contributed by atoms with Crippen molar-refractivity contribution in [3.8, 4) is 0 Å². The third kappa shape index (κ3) is 5.57. The summed E-state index contributed by atoms with van der Waals surface area (Å²) in [6, 6.07) is 0. The van der Waals surface area contributed by atoms with E-state index in [9.17, 15) is 9.59 Å². The second-order valence-corrected chi connectivity index (χ2v) is 5.15. The summed E-state index contributed by atoms with van der Waals surface area (Å²) >= 11 is 0. The average Bonchev–Trinajstić information content (AvgIpc) is 2.42. The third-order valence-corrected chi connectivity index (χ3v) is 3.79. The van der Waals surface area contributed by atoms with Crippen LogP contribution in [0.4, 0.5) is 0 Å². The average molecular weight is 272 g/mol. The van der Waals surface area contributed by atoms with Gasteiger partial charge in [-0.15, -0.1) is 0 Å². The second-order valence-electron chi connectivity index (χ2n) is 5.15. The van der Waals surface area contributed by atoms with E-state index in [4.69, 9.17) is 15.6 Å². The number of nitrogens with two attached hydrogens (primary N) is 1. The van der Waals surface area contributed by atoms with Crippen LogP contribution < -0.4 is 11.1 Å². The van der Waals surface area contributed by atoms with Crippen LogP contribution in [-0.2, 0) is 14.3 Å². The van der Waals surface area contributed by atoms with Crippen molar-refractivity contribution in [2.45, 2.75) is 38.2 Å². The predicted molar refractivity (Wildman–Crippen MR) is 70.6 cm³/mol. The van der Waals surface area contributed by atoms with E-state index in [0.717, 1.165) is 25.7 Å². The smallest absolute Gasteiger partial charge is 0.306 e. The molecule has 1 aliphatic carbocycles. The van der Waals surface area contributed by atoms with Gasteiger partial charge in [0.05, 0.1) is 12.5 Å². The van der Waals surface area contributed by atoms with Crippen LogP contribution in [0.5, 0.6) is 0 Å². The fraction of sp³-hybridized carbons (Fsp3) is 0.846. The molecule has 6 heteroatoms. The number of hydrogen-bond donors (Lipinski definition) is 3. The molecule has 0 bridgehead atoms. The van der Waals surface area contributed by atoms with Crippen molar-refractivity contribution in [1.82, 2.24) is 5.32 Å². The van der Waals surface area contributed by atoms with Crippen LogP contribution in [0.2, 0.25) is 0 Å². The minimum atomic E-state index is -0.926. The topological polar surface area (TPSA) is 102 Å². The minimum Gasteiger partial charge on any atom is -0.481 e. The van der Waals surface area contributed by atoms with E-state index in [1.807, 2.05) is 0 Å². The highest BCUT2D eigenvalue weighted by atomic mass is 16.5. The molecule has 0 spiro atoms. The fourth-order valence-corrected chi connectivity index (χ4v) is 2.45. The maximum Gasteiger partial charge on any atom is 0.306 e. The number of carbonyl (C=O) groups is 2. The monoisotopic (exact) mass is 272 g/mol. The maximum absolute atomic E-state index is 12.0. The van der Waals surface area contributed by atoms with E-state index in [-0.39, 0.29) is 24.8 Å². The van der Waals surface area contributed by atoms with Gasteiger partial charge in [0.2, 0.25) is 5.91 Å². The molecule has 6 nitrogen and oxygen atoms in total. The molecule has 1 fully saturated rings. The van der Waals surface area contributed by atoms with E-state index in [1.54, 1.807) is 0 Å². The highest BCUT2D eigenvalue weighted by Gasteiger charge is 2.26. The first-order chi connectivity index (χ1) is 9.06. The Labute approximate surface area is 113 Å². The number of carboxylic acid groups (broad SMARTS) is 1. The summed E-state index contributed by atoms with van der Waals surface area (Å²) in [5, 5.41) is 11.5. The summed E-state index contributed by atoms with van der Waals surface area (Å²) in [5.74, 6) is -0.347. The van der Waals surface area contributed by atoms with Gasteiger partial charge in [0.25, 0.3) is 0 Å². The zero-order valence-electron chi connectivity index (χ0n) is 11.4. The molecule has 0 aliphatic heterocycles. The molecule has 1 atom stereocenters. The van der Waals surface area contributed by atoms with E-state index in [1.165, 1.54) is 7.11 Å². The summed E-state index contributed by atoms with van der Waals surface area (Å²) in [5.41, 5.74) is 5.61. The van der Waals surface area contributed by atoms with E-state index < -0.39 is 12.1 Å². The predicted octanol–water partition coefficient (Wildman–Crippen LogP) is 0.357. The number of ether oxygens (including phenoxy) is 1. The first-order valence-corrected chi connectivity index (χ1v) is 6.79. The number of carboxylic acids is 1. The van der Waals surface area contributed by atoms with Crippen LogP contribution in [0, 0.1) is 11.8 Å². The second kappa shape index (κ2) is 8.12. The van der Waals surface area contributed by atoms with Crippen molar-refractivity contribution >= 4 is 11.9 Å². The summed E-state index contributed by atoms with van der Waals surface area (Å²) < 4.78 is 5.02. The Morgan fingerprint density at radius 1 is 1.37 bits per heavy atom. The number of carbonyl (C=O) groups excluding carboxylic acids is 1. The van der Waals surface area contributed by atoms with Gasteiger partial charge in [0.15, 0.2) is 0 Å². The molecule has 0 aromatic rings. The minimum absolute atomic E-state index is 0.00269. The van der Waals surface area contributed by atoms with E-state index >= 15 is 0 Å². The first-order valence-electron chi connectivity index (χ1n) is 6.79. The Hall–Kier alpha value is -1.14. The largest absolute Gasteiger partial charge is 0.481 e. The van der Waals surface area contributed by atoms with Gasteiger partial charge < -0.3 is 20.9 Å². The van der Waals surface area contributed by atoms with Crippen LogP contribution in [0.15, 0.2) is 0 Å². The Morgan fingerprint density at radius 2 is 2.00 bits per heavy atom. The summed E-state index contributed by atoms with van der Waals surface area (Å²) in [6.45, 7) is 0.942. The molecule has 0 saturated heterocycles. The van der Waals surface area contributed by atoms with Gasteiger partial charge in [0, 0.05) is 19.6 Å². The Balaban J connectivity index is 2.29. The number of aliphatic carboxylic acids is 1. The molecule has 0 aromatic heterocycles. The Kier molecular flexibility index (Phi) is 6.80. The molecule has 0 aromatic carbocycles. The number of nitrogens with one attached hydrogen (secondary N) is 1. The lowest BCUT2D eigenvalue weighted by Gasteiger charge is -2.27. The molecular weight excluding hydrogens is 248 g/mol. The normalized spacial score (nSPS) is 24.7. The van der Waals surface area contributed by atoms with Crippen molar-refractivity contribution < 1.29 is 19.4 Å². The molecular formula is C13H24N2O4. The quantitative estimate of drug-likeness (QED) is 0.621. The molecule has 1 unspecified atom stereocenters. The van der Waals surface area contributed by atoms with Gasteiger partial charge in [0.1, 0.15) is 0 Å². The van der Waals surface area contributed by atoms with Crippen molar-refractivity contribution in [3.63, 3.8) is 0 Å². The number of amides is 1. The number of hydrogen-bond acceptors (Lipinski definition) is 4. The van der Waals surface area contributed by atoms with Crippen LogP contribution in [0.1, 0.15) is 32.1 Å². The Morgan fingerprint density at radius 3 is 2.47 bits per heavy atom. The molecule has 1 amide bonds. The lowest BCUT2D eigenvalue weighted by Crippen LogP contribution is -2.39. The molecule has 19 heavy (non-hydrogen) atoms. The third-order valence-electron chi connectivity index (χ3n) is 3.79. The van der Waals surface area contributed by atoms with Gasteiger partial charge in [-0.3, -0.25) is 9.59 Å². The maximum atomic E-state index is 12.0. The van der Waals surface area contributed by atoms with Gasteiger partial charge >= 0.3 is 5.97 Å². The lowest BCUT2D eigenvalue weighted by atomic mass is 9.81. The molecule has 4 N–H and O–H groups in total. The molecule has 0 radical (unpaired) electrons. The summed E-state index contributed by atoms with van der Waals surface area (Å²) in [6.07, 6.45) is 3.15. The first kappa shape index (κ1) is 15.9. The zero-order chi connectivity index (χ0) is 14.3. The van der Waals surface area contributed by atoms with Crippen molar-refractivity contribution in [3.05, 3.63) is 0 Å². The molecule has 110 valence electrons. The van der Waals surface area contributed by atoms with Gasteiger partial charge in [-0.05, 0) is 38.1 Å². The van der Waals surface area contributed by atoms with Crippen molar-refractivity contribution in [2.75, 3.05) is 20.2 Å². The molecule has 1 aliphatic rings. The van der Waals surface area contributed by atoms with E-state index in [2.05, 4.69) is 5.32 Å².